The lowest BCUT2D eigenvalue weighted by molar-refractivity contribution is 0.261. The minimum absolute atomic E-state index is 0.209. The molecule has 3 rings (SSSR count). The van der Waals surface area contributed by atoms with Gasteiger partial charge < -0.3 is 21.3 Å². The minimum atomic E-state index is -0.462. The second-order valence-corrected chi connectivity index (χ2v) is 5.26. The zero-order valence-electron chi connectivity index (χ0n) is 13.8. The van der Waals surface area contributed by atoms with E-state index < -0.39 is 6.03 Å². The smallest absolute Gasteiger partial charge is 0.326 e. The van der Waals surface area contributed by atoms with E-state index in [1.54, 1.807) is 37.3 Å². The fourth-order valence-electron chi connectivity index (χ4n) is 2.05. The molecule has 0 aliphatic heterocycles. The highest BCUT2D eigenvalue weighted by molar-refractivity contribution is 5.99. The second-order valence-electron chi connectivity index (χ2n) is 5.26. The summed E-state index contributed by atoms with van der Waals surface area (Å²) in [6.07, 6.45) is 1.27. The molecule has 9 heteroatoms. The van der Waals surface area contributed by atoms with Crippen molar-refractivity contribution in [3.63, 3.8) is 0 Å². The summed E-state index contributed by atoms with van der Waals surface area (Å²) < 4.78 is 4.93. The summed E-state index contributed by atoms with van der Waals surface area (Å²) in [5.41, 5.74) is 13.7. The summed E-state index contributed by atoms with van der Waals surface area (Å²) >= 11 is 0. The number of carbonyl (C=O) groups is 1. The molecule has 0 bridgehead atoms. The number of nitrogens with two attached hydrogens (primary N) is 2. The number of nitrogens with zero attached hydrogens (tertiary/aromatic N) is 3. The first-order chi connectivity index (χ1) is 12.5. The van der Waals surface area contributed by atoms with Crippen LogP contribution in [0.4, 0.5) is 28.0 Å². The molecule has 0 radical (unpaired) electrons. The number of aromatic nitrogens is 3. The predicted octanol–water partition coefficient (Wildman–Crippen LogP) is 1.98. The van der Waals surface area contributed by atoms with Crippen LogP contribution < -0.4 is 22.1 Å². The van der Waals surface area contributed by atoms with Crippen molar-refractivity contribution in [2.75, 3.05) is 22.1 Å². The Morgan fingerprint density at radius 1 is 1.12 bits per heavy atom. The van der Waals surface area contributed by atoms with E-state index in [0.29, 0.717) is 22.5 Å². The molecule has 0 fully saturated rings. The maximum Gasteiger partial charge on any atom is 0.326 e. The summed E-state index contributed by atoms with van der Waals surface area (Å²) in [6.45, 7) is 1.76. The number of rotatable bonds is 2. The Labute approximate surface area is 148 Å². The van der Waals surface area contributed by atoms with Gasteiger partial charge in [-0.05, 0) is 25.1 Å². The van der Waals surface area contributed by atoms with E-state index in [1.807, 2.05) is 0 Å². The molecule has 6 N–H and O–H groups in total. The van der Waals surface area contributed by atoms with Gasteiger partial charge in [0, 0.05) is 17.3 Å². The highest BCUT2D eigenvalue weighted by atomic mass is 16.5. The van der Waals surface area contributed by atoms with Crippen LogP contribution in [0.2, 0.25) is 0 Å². The van der Waals surface area contributed by atoms with Crippen molar-refractivity contribution >= 4 is 29.2 Å². The number of hydrogen-bond donors (Lipinski definition) is 4. The van der Waals surface area contributed by atoms with E-state index in [1.165, 1.54) is 6.33 Å². The average molecular weight is 349 g/mol. The summed E-state index contributed by atoms with van der Waals surface area (Å²) in [6, 6.07) is 8.12. The van der Waals surface area contributed by atoms with Crippen LogP contribution in [-0.4, -0.2) is 21.2 Å². The lowest BCUT2D eigenvalue weighted by Gasteiger charge is -2.05. The van der Waals surface area contributed by atoms with Crippen LogP contribution in [0.15, 0.2) is 41.2 Å². The third-order valence-corrected chi connectivity index (χ3v) is 3.22. The highest BCUT2D eigenvalue weighted by Gasteiger charge is 2.07. The van der Waals surface area contributed by atoms with Crippen molar-refractivity contribution in [3.05, 3.63) is 53.5 Å². The van der Waals surface area contributed by atoms with Crippen LogP contribution in [0, 0.1) is 18.8 Å². The maximum absolute atomic E-state index is 12.0. The molecule has 0 atom stereocenters. The Morgan fingerprint density at radius 2 is 1.88 bits per heavy atom. The van der Waals surface area contributed by atoms with Crippen molar-refractivity contribution in [1.29, 1.82) is 0 Å². The standard InChI is InChI=1S/C17H15N7O2/c1-10-7-14(26-24-10)23-17(25)22-12-4-2-3-11(8-12)5-6-13-15(18)20-9-21-16(13)19/h2-4,7-9H,1H3,(H2,22,23,25)(H4,18,19,20,21). The Balaban J connectivity index is 1.73. The van der Waals surface area contributed by atoms with Gasteiger partial charge in [-0.2, -0.15) is 0 Å². The number of anilines is 4. The van der Waals surface area contributed by atoms with Gasteiger partial charge in [0.1, 0.15) is 23.5 Å². The fourth-order valence-corrected chi connectivity index (χ4v) is 2.05. The number of nitrogens with one attached hydrogen (secondary N) is 2. The third kappa shape index (κ3) is 4.07. The summed E-state index contributed by atoms with van der Waals surface area (Å²) in [7, 11) is 0. The first kappa shape index (κ1) is 16.8. The monoisotopic (exact) mass is 349 g/mol. The van der Waals surface area contributed by atoms with Gasteiger partial charge in [0.05, 0.1) is 5.69 Å². The Morgan fingerprint density at radius 3 is 2.58 bits per heavy atom. The normalized spacial score (nSPS) is 9.88. The average Bonchev–Trinajstić information content (AvgIpc) is 2.99. The molecular formula is C17H15N7O2. The third-order valence-electron chi connectivity index (χ3n) is 3.22. The Bertz CT molecular complexity index is 997. The first-order valence-electron chi connectivity index (χ1n) is 7.50. The van der Waals surface area contributed by atoms with E-state index in [0.717, 1.165) is 0 Å². The number of amides is 2. The molecule has 130 valence electrons. The number of aryl methyl sites for hydroxylation is 1. The first-order valence-corrected chi connectivity index (χ1v) is 7.50. The Hall–Kier alpha value is -4.06. The molecule has 0 saturated heterocycles. The molecule has 0 saturated carbocycles. The van der Waals surface area contributed by atoms with Gasteiger partial charge in [-0.25, -0.2) is 14.8 Å². The molecule has 3 aromatic rings. The van der Waals surface area contributed by atoms with Crippen molar-refractivity contribution in [2.45, 2.75) is 6.92 Å². The number of carbonyl (C=O) groups excluding carboxylic acids is 1. The van der Waals surface area contributed by atoms with Crippen LogP contribution >= 0.6 is 0 Å². The molecule has 0 aliphatic carbocycles. The van der Waals surface area contributed by atoms with Gasteiger partial charge in [-0.3, -0.25) is 5.32 Å². The predicted molar refractivity (Wildman–Crippen MR) is 97.2 cm³/mol. The van der Waals surface area contributed by atoms with E-state index in [4.69, 9.17) is 16.0 Å². The molecule has 2 amide bonds. The zero-order valence-corrected chi connectivity index (χ0v) is 13.8. The highest BCUT2D eigenvalue weighted by Crippen LogP contribution is 2.14. The van der Waals surface area contributed by atoms with Crippen LogP contribution in [0.1, 0.15) is 16.8 Å². The number of benzene rings is 1. The van der Waals surface area contributed by atoms with Gasteiger partial charge in [0.15, 0.2) is 0 Å². The summed E-state index contributed by atoms with van der Waals surface area (Å²) in [4.78, 5) is 19.7. The molecule has 9 nitrogen and oxygen atoms in total. The lowest BCUT2D eigenvalue weighted by Crippen LogP contribution is -2.19. The minimum Gasteiger partial charge on any atom is -0.382 e. The molecule has 2 aromatic heterocycles. The van der Waals surface area contributed by atoms with E-state index in [2.05, 4.69) is 37.6 Å². The van der Waals surface area contributed by atoms with Gasteiger partial charge in [-0.1, -0.05) is 23.1 Å². The van der Waals surface area contributed by atoms with Crippen molar-refractivity contribution in [2.24, 2.45) is 0 Å². The van der Waals surface area contributed by atoms with Crippen molar-refractivity contribution in [1.82, 2.24) is 15.1 Å². The molecule has 2 heterocycles. The number of nitrogen functional groups attached to an aromatic ring is 2. The molecule has 26 heavy (non-hydrogen) atoms. The second kappa shape index (κ2) is 7.23. The summed E-state index contributed by atoms with van der Waals surface area (Å²) in [5, 5.41) is 8.91. The van der Waals surface area contributed by atoms with E-state index in [-0.39, 0.29) is 17.5 Å². The fraction of sp³-hybridized carbons (Fsp3) is 0.0588. The van der Waals surface area contributed by atoms with Crippen LogP contribution in [0.25, 0.3) is 0 Å². The Kier molecular flexibility index (Phi) is 4.67. The summed E-state index contributed by atoms with van der Waals surface area (Å²) in [5.74, 6) is 6.44. The van der Waals surface area contributed by atoms with Crippen LogP contribution in [0.5, 0.6) is 0 Å². The lowest BCUT2D eigenvalue weighted by atomic mass is 10.2. The molecule has 1 aromatic carbocycles. The zero-order chi connectivity index (χ0) is 18.5. The number of hydrogen-bond acceptors (Lipinski definition) is 7. The van der Waals surface area contributed by atoms with E-state index >= 15 is 0 Å². The molecular weight excluding hydrogens is 334 g/mol. The van der Waals surface area contributed by atoms with Gasteiger partial charge in [-0.15, -0.1) is 0 Å². The quantitative estimate of drug-likeness (QED) is 0.517. The van der Waals surface area contributed by atoms with Gasteiger partial charge >= 0.3 is 6.03 Å². The SMILES string of the molecule is Cc1cc(NC(=O)Nc2cccc(C#Cc3c(N)ncnc3N)c2)on1. The van der Waals surface area contributed by atoms with Gasteiger partial charge in [0.2, 0.25) is 5.88 Å². The van der Waals surface area contributed by atoms with Crippen LogP contribution in [0.3, 0.4) is 0 Å². The van der Waals surface area contributed by atoms with Gasteiger partial charge in [0.25, 0.3) is 0 Å². The number of urea groups is 1. The molecule has 0 unspecified atom stereocenters. The molecule has 0 aliphatic rings. The van der Waals surface area contributed by atoms with E-state index in [9.17, 15) is 4.79 Å². The largest absolute Gasteiger partial charge is 0.382 e. The molecule has 0 spiro atoms. The maximum atomic E-state index is 12.0. The van der Waals surface area contributed by atoms with Crippen molar-refractivity contribution in [3.8, 4) is 11.8 Å². The van der Waals surface area contributed by atoms with Crippen molar-refractivity contribution < 1.29 is 9.32 Å². The topological polar surface area (TPSA) is 145 Å². The van der Waals surface area contributed by atoms with Crippen LogP contribution in [-0.2, 0) is 0 Å².